The quantitative estimate of drug-likeness (QED) is 0.0605. The van der Waals surface area contributed by atoms with Crippen LogP contribution in [0, 0.1) is 23.7 Å². The van der Waals surface area contributed by atoms with Gasteiger partial charge in [0.15, 0.2) is 0 Å². The minimum absolute atomic E-state index is 0. The van der Waals surface area contributed by atoms with Crippen LogP contribution < -0.4 is 24.8 Å². The lowest BCUT2D eigenvalue weighted by molar-refractivity contribution is -0.0621. The Bertz CT molecular complexity index is 2150. The zero-order valence-corrected chi connectivity index (χ0v) is 47.3. The van der Waals surface area contributed by atoms with Gasteiger partial charge in [0.1, 0.15) is 23.0 Å². The van der Waals surface area contributed by atoms with E-state index in [2.05, 4.69) is 48.6 Å². The summed E-state index contributed by atoms with van der Waals surface area (Å²) in [7, 11) is 17.1. The van der Waals surface area contributed by atoms with E-state index in [1.165, 1.54) is 25.7 Å². The topological polar surface area (TPSA) is 159 Å². The smallest absolute Gasteiger partial charge is 0.119 e. The molecule has 8 rings (SSSR count). The number of aliphatic hydroxyl groups is 4. The van der Waals surface area contributed by atoms with Gasteiger partial charge in [-0.2, -0.15) is 0 Å². The van der Waals surface area contributed by atoms with E-state index in [1.54, 1.807) is 39.5 Å². The molecular weight excluding hydrogens is 976 g/mol. The highest BCUT2D eigenvalue weighted by Gasteiger charge is 2.43. The van der Waals surface area contributed by atoms with Crippen molar-refractivity contribution in [1.82, 2.24) is 20.4 Å². The fourth-order valence-electron chi connectivity index (χ4n) is 12.3. The molecule has 4 aliphatic carbocycles. The van der Waals surface area contributed by atoms with Crippen LogP contribution in [0.1, 0.15) is 140 Å². The summed E-state index contributed by atoms with van der Waals surface area (Å²) in [6, 6.07) is 30.7. The Morgan fingerprint density at radius 3 is 1.00 bits per heavy atom. The highest BCUT2D eigenvalue weighted by atomic mass is 35.5. The molecule has 0 unspecified atom stereocenters. The van der Waals surface area contributed by atoms with Crippen molar-refractivity contribution >= 4 is 12.4 Å². The van der Waals surface area contributed by atoms with Crippen molar-refractivity contribution in [2.24, 2.45) is 23.7 Å². The fraction of sp³-hybridized carbons (Fsp3) is 0.619. The molecule has 0 heterocycles. The van der Waals surface area contributed by atoms with E-state index < -0.39 is 22.4 Å². The van der Waals surface area contributed by atoms with Crippen LogP contribution in [0.25, 0.3) is 0 Å². The molecule has 4 saturated carbocycles. The average Bonchev–Trinajstić information content (AvgIpc) is 3.39. The summed E-state index contributed by atoms with van der Waals surface area (Å²) in [4.78, 5) is 4.34. The van der Waals surface area contributed by atoms with Crippen molar-refractivity contribution in [3.63, 3.8) is 0 Å². The SMILES string of the molecule is C.C.CNC[C@H]1CCCC[C@]1(O)c1cccc(O)c1.CNC[C@H]1CCCC[C@]1(O)c1cccc(OC)c1.COc1cccc([C@@]2(O)CCCC[C@@H]2CN(C)C)c1.COc1cccc([C@@]2(O)CCCC[C@@H]2CN(C)C)c1.Cl. The van der Waals surface area contributed by atoms with Gasteiger partial charge in [0.05, 0.1) is 43.7 Å². The molecule has 0 aromatic heterocycles. The van der Waals surface area contributed by atoms with Gasteiger partial charge in [-0.1, -0.05) is 115 Å². The monoisotopic (exact) mass is 1080 g/mol. The van der Waals surface area contributed by atoms with Crippen LogP contribution in [0.4, 0.5) is 0 Å². The number of rotatable bonds is 15. The van der Waals surface area contributed by atoms with Crippen molar-refractivity contribution < 1.29 is 39.7 Å². The molecule has 4 aromatic rings. The number of nitrogens with zero attached hydrogens (tertiary/aromatic N) is 2. The third kappa shape index (κ3) is 18.0. The summed E-state index contributed by atoms with van der Waals surface area (Å²) < 4.78 is 15.8. The summed E-state index contributed by atoms with van der Waals surface area (Å²) in [5, 5.41) is 60.2. The van der Waals surface area contributed by atoms with Crippen molar-refractivity contribution in [1.29, 1.82) is 0 Å². The number of phenols is 1. The number of methoxy groups -OCH3 is 3. The number of aromatic hydroxyl groups is 1. The first-order chi connectivity index (χ1) is 35.0. The molecule has 0 aliphatic heterocycles. The minimum Gasteiger partial charge on any atom is -0.508 e. The summed E-state index contributed by atoms with van der Waals surface area (Å²) in [5.41, 5.74) is 0.903. The third-order valence-electron chi connectivity index (χ3n) is 16.3. The zero-order valence-electron chi connectivity index (χ0n) is 46.5. The van der Waals surface area contributed by atoms with Crippen molar-refractivity contribution in [3.05, 3.63) is 119 Å². The van der Waals surface area contributed by atoms with Gasteiger partial charge in [0.2, 0.25) is 0 Å². The lowest BCUT2D eigenvalue weighted by atomic mass is 9.71. The summed E-state index contributed by atoms with van der Waals surface area (Å²) in [5.74, 6) is 3.78. The first kappa shape index (κ1) is 68.2. The van der Waals surface area contributed by atoms with Crippen LogP contribution >= 0.6 is 12.4 Å². The summed E-state index contributed by atoms with van der Waals surface area (Å²) in [6.45, 7) is 3.52. The molecule has 0 radical (unpaired) electrons. The minimum atomic E-state index is -0.792. The molecule has 0 spiro atoms. The van der Waals surface area contributed by atoms with Gasteiger partial charge >= 0.3 is 0 Å². The standard InChI is InChI=1S/2C16H25NO2.C15H23NO2.C14H21NO2.2CH4.ClH/c2*1-17(2)12-14-7-4-5-10-16(14,18)13-8-6-9-15(11-13)19-3;1-16-11-13-6-3-4-9-15(13,17)12-7-5-8-14(10-12)18-2;1-15-10-12-5-2-3-8-14(12,17)11-6-4-7-13(16)9-11;;;/h2*6,8-9,11,14,18H,4-5,7,10,12H2,1-3H3;5,7-8,10,13,16-17H,3-4,6,9,11H2,1-2H3;4,6-7,9,12,15-17H,2-3,5,8,10H2,1H3;2*1H4;1H/t2*14-,16+;13-,15+;12-,14+;;;/m1111.../s1. The highest BCUT2D eigenvalue weighted by molar-refractivity contribution is 5.85. The number of hydrogen-bond acceptors (Lipinski definition) is 12. The lowest BCUT2D eigenvalue weighted by Gasteiger charge is -2.41. The summed E-state index contributed by atoms with van der Waals surface area (Å²) in [6.07, 6.45) is 16.7. The molecule has 0 amide bonds. The molecule has 0 saturated heterocycles. The van der Waals surface area contributed by atoms with Crippen LogP contribution in [-0.2, 0) is 22.4 Å². The molecule has 430 valence electrons. The van der Waals surface area contributed by atoms with Crippen LogP contribution in [0.3, 0.4) is 0 Å². The maximum absolute atomic E-state index is 11.2. The van der Waals surface area contributed by atoms with E-state index in [0.717, 1.165) is 143 Å². The number of nitrogens with one attached hydrogen (secondary N) is 2. The first-order valence-corrected chi connectivity index (χ1v) is 27.2. The molecular formula is C63H103ClN4O8. The third-order valence-corrected chi connectivity index (χ3v) is 16.3. The predicted molar refractivity (Wildman–Crippen MR) is 316 cm³/mol. The van der Waals surface area contributed by atoms with E-state index >= 15 is 0 Å². The van der Waals surface area contributed by atoms with Gasteiger partial charge in [-0.15, -0.1) is 12.4 Å². The van der Waals surface area contributed by atoms with E-state index in [0.29, 0.717) is 11.8 Å². The lowest BCUT2D eigenvalue weighted by Crippen LogP contribution is -2.43. The molecule has 12 nitrogen and oxygen atoms in total. The van der Waals surface area contributed by atoms with Gasteiger partial charge < -0.3 is 60.2 Å². The Hall–Kier alpha value is -3.95. The number of halogens is 1. The molecule has 0 bridgehead atoms. The molecule has 4 fully saturated rings. The Morgan fingerprint density at radius 1 is 0.447 bits per heavy atom. The Labute approximate surface area is 466 Å². The molecule has 7 N–H and O–H groups in total. The maximum Gasteiger partial charge on any atom is 0.119 e. The number of benzene rings is 4. The van der Waals surface area contributed by atoms with Gasteiger partial charge in [-0.3, -0.25) is 0 Å². The van der Waals surface area contributed by atoms with Crippen LogP contribution in [0.5, 0.6) is 23.0 Å². The molecule has 4 aromatic carbocycles. The zero-order chi connectivity index (χ0) is 53.1. The van der Waals surface area contributed by atoms with E-state index in [-0.39, 0.29) is 44.8 Å². The van der Waals surface area contributed by atoms with Crippen molar-refractivity contribution in [2.45, 2.75) is 140 Å². The van der Waals surface area contributed by atoms with Gasteiger partial charge in [0, 0.05) is 49.9 Å². The molecule has 76 heavy (non-hydrogen) atoms. The van der Waals surface area contributed by atoms with Crippen molar-refractivity contribution in [2.75, 3.05) is 89.8 Å². The normalized spacial score (nSPS) is 26.9. The Kier molecular flexibility index (Phi) is 29.4. The van der Waals surface area contributed by atoms with Crippen LogP contribution in [0.15, 0.2) is 97.1 Å². The second-order valence-electron chi connectivity index (χ2n) is 21.9. The van der Waals surface area contributed by atoms with Crippen LogP contribution in [0.2, 0.25) is 0 Å². The maximum atomic E-state index is 11.2. The van der Waals surface area contributed by atoms with Gasteiger partial charge in [0.25, 0.3) is 0 Å². The first-order valence-electron chi connectivity index (χ1n) is 27.2. The molecule has 8 atom stereocenters. The fourth-order valence-corrected chi connectivity index (χ4v) is 12.3. The largest absolute Gasteiger partial charge is 0.508 e. The van der Waals surface area contributed by atoms with Crippen LogP contribution in [-0.4, -0.2) is 125 Å². The van der Waals surface area contributed by atoms with E-state index in [9.17, 15) is 25.5 Å². The van der Waals surface area contributed by atoms with Gasteiger partial charge in [-0.25, -0.2) is 0 Å². The second-order valence-corrected chi connectivity index (χ2v) is 21.9. The number of hydrogen-bond donors (Lipinski definition) is 7. The van der Waals surface area contributed by atoms with Crippen molar-refractivity contribution in [3.8, 4) is 23.0 Å². The van der Waals surface area contributed by atoms with E-state index in [1.807, 2.05) is 93.0 Å². The van der Waals surface area contributed by atoms with Gasteiger partial charge in [-0.05, 0) is 164 Å². The Balaban J connectivity index is 0.000000343. The number of ether oxygens (including phenoxy) is 3. The number of phenolic OH excluding ortho intramolecular Hbond substituents is 1. The van der Waals surface area contributed by atoms with E-state index in [4.69, 9.17) is 14.2 Å². The molecule has 13 heteroatoms. The Morgan fingerprint density at radius 2 is 0.724 bits per heavy atom. The highest BCUT2D eigenvalue weighted by Crippen LogP contribution is 2.46. The molecule has 4 aliphatic rings. The average molecular weight is 1080 g/mol. The predicted octanol–water partition coefficient (Wildman–Crippen LogP) is 11.2. The summed E-state index contributed by atoms with van der Waals surface area (Å²) >= 11 is 0. The second kappa shape index (κ2) is 32.8.